The lowest BCUT2D eigenvalue weighted by Crippen LogP contribution is -2.41. The molecule has 30 heavy (non-hydrogen) atoms. The third-order valence-electron chi connectivity index (χ3n) is 7.70. The van der Waals surface area contributed by atoms with E-state index in [1.54, 1.807) is 0 Å². The van der Waals surface area contributed by atoms with Gasteiger partial charge in [-0.05, 0) is 49.8 Å². The first-order chi connectivity index (χ1) is 14.5. The summed E-state index contributed by atoms with van der Waals surface area (Å²) in [4.78, 5) is 34.4. The minimum absolute atomic E-state index is 0.0384. The Hall–Kier alpha value is -2.95. The smallest absolute Gasteiger partial charge is 0.238 e. The van der Waals surface area contributed by atoms with Crippen molar-refractivity contribution in [3.8, 4) is 0 Å². The molecule has 0 N–H and O–H groups in total. The number of imide groups is 1. The van der Waals surface area contributed by atoms with Gasteiger partial charge in [0.25, 0.3) is 0 Å². The summed E-state index contributed by atoms with van der Waals surface area (Å²) in [5, 5.41) is 4.42. The molecule has 0 aromatic heterocycles. The van der Waals surface area contributed by atoms with Gasteiger partial charge in [-0.15, -0.1) is 0 Å². The van der Waals surface area contributed by atoms with E-state index in [2.05, 4.69) is 36.3 Å². The highest BCUT2D eigenvalue weighted by Gasteiger charge is 2.70. The van der Waals surface area contributed by atoms with E-state index < -0.39 is 0 Å². The molecule has 2 aliphatic carbocycles. The lowest BCUT2D eigenvalue weighted by Gasteiger charge is -2.29. The number of carbonyl (C=O) groups is 2. The number of rotatable bonds is 2. The molecule has 6 rings (SSSR count). The first-order valence-corrected chi connectivity index (χ1v) is 10.7. The first-order valence-electron chi connectivity index (χ1n) is 10.7. The Morgan fingerprint density at radius 3 is 2.17 bits per heavy atom. The molecule has 2 saturated carbocycles. The van der Waals surface area contributed by atoms with E-state index in [9.17, 15) is 9.59 Å². The van der Waals surface area contributed by atoms with E-state index >= 15 is 0 Å². The molecular weight excluding hydrogens is 376 g/mol. The van der Waals surface area contributed by atoms with E-state index in [0.29, 0.717) is 0 Å². The number of fused-ring (bicyclic) bond motifs is 8. The number of amides is 2. The molecule has 2 aliphatic heterocycles. The van der Waals surface area contributed by atoms with Gasteiger partial charge in [0, 0.05) is 11.8 Å². The van der Waals surface area contributed by atoms with Gasteiger partial charge in [0.1, 0.15) is 6.10 Å². The quantitative estimate of drug-likeness (QED) is 0.721. The molecule has 2 amide bonds. The zero-order chi connectivity index (χ0) is 20.7. The van der Waals surface area contributed by atoms with Crippen molar-refractivity contribution in [2.75, 3.05) is 4.90 Å². The second-order valence-corrected chi connectivity index (χ2v) is 9.31. The van der Waals surface area contributed by atoms with Gasteiger partial charge >= 0.3 is 0 Å². The molecule has 0 radical (unpaired) electrons. The highest BCUT2D eigenvalue weighted by atomic mass is 16.6. The lowest BCUT2D eigenvalue weighted by atomic mass is 9.71. The first kappa shape index (κ1) is 17.9. The van der Waals surface area contributed by atoms with Crippen LogP contribution in [0.3, 0.4) is 0 Å². The second-order valence-electron chi connectivity index (χ2n) is 9.31. The van der Waals surface area contributed by atoms with Gasteiger partial charge in [0.15, 0.2) is 0 Å². The van der Waals surface area contributed by atoms with Gasteiger partial charge in [0.05, 0.1) is 23.2 Å². The summed E-state index contributed by atoms with van der Waals surface area (Å²) in [6.07, 6.45) is 0.774. The third kappa shape index (κ3) is 2.15. The fraction of sp³-hybridized carbons (Fsp3) is 0.400. The van der Waals surface area contributed by atoms with Crippen LogP contribution in [0.1, 0.15) is 28.7 Å². The van der Waals surface area contributed by atoms with Crippen molar-refractivity contribution in [2.24, 2.45) is 34.7 Å². The Labute approximate surface area is 175 Å². The largest absolute Gasteiger partial charge is 0.391 e. The topological polar surface area (TPSA) is 59.0 Å². The number of oxime groups is 1. The Morgan fingerprint density at radius 1 is 0.867 bits per heavy atom. The fourth-order valence-corrected chi connectivity index (χ4v) is 6.47. The zero-order valence-electron chi connectivity index (χ0n) is 17.3. The second kappa shape index (κ2) is 6.03. The van der Waals surface area contributed by atoms with Crippen LogP contribution in [0.5, 0.6) is 0 Å². The maximum absolute atomic E-state index is 13.6. The number of aryl methyl sites for hydroxylation is 3. The number of hydrogen-bond acceptors (Lipinski definition) is 4. The number of carbonyl (C=O) groups excluding carboxylic acids is 2. The Bertz CT molecular complexity index is 1100. The molecular formula is C25H24N2O3. The number of hydrogen-bond donors (Lipinski definition) is 0. The molecule has 5 heteroatoms. The SMILES string of the molecule is Cc1ccc(C2=NO[C@H]3[C@H]4C[C@@H]([C@@H]23)[C@H]2C(=O)N(c3c(C)cccc3C)C(=O)[C@@H]42)cc1. The van der Waals surface area contributed by atoms with E-state index in [1.807, 2.05) is 32.0 Å². The maximum atomic E-state index is 13.6. The van der Waals surface area contributed by atoms with Crippen LogP contribution in [0.4, 0.5) is 5.69 Å². The zero-order valence-corrected chi connectivity index (χ0v) is 17.3. The summed E-state index contributed by atoms with van der Waals surface area (Å²) in [5.41, 5.74) is 5.88. The summed E-state index contributed by atoms with van der Waals surface area (Å²) in [7, 11) is 0. The third-order valence-corrected chi connectivity index (χ3v) is 7.70. The minimum Gasteiger partial charge on any atom is -0.391 e. The molecule has 2 aromatic rings. The molecule has 152 valence electrons. The lowest BCUT2D eigenvalue weighted by molar-refractivity contribution is -0.125. The average Bonchev–Trinajstić information content (AvgIpc) is 3.45. The summed E-state index contributed by atoms with van der Waals surface area (Å²) in [5.74, 6) is -0.380. The normalized spacial score (nSPS) is 33.6. The van der Waals surface area contributed by atoms with Gasteiger partial charge in [-0.25, -0.2) is 4.90 Å². The highest BCUT2D eigenvalue weighted by Crippen LogP contribution is 2.62. The number of nitrogens with zero attached hydrogens (tertiary/aromatic N) is 2. The summed E-state index contributed by atoms with van der Waals surface area (Å²) in [6.45, 7) is 5.99. The number of para-hydroxylation sites is 1. The highest BCUT2D eigenvalue weighted by molar-refractivity contribution is 6.23. The standard InChI is InChI=1S/C25H24N2O3/c1-12-7-9-15(10-8-12)21-20-16-11-17(23(20)30-26-21)19-18(16)24(28)27(25(19)29)22-13(2)5-4-6-14(22)3/h4-10,16-20,23H,11H2,1-3H3/t16-,17+,18-,19+,20+,23+/m1/s1. The number of benzene rings is 2. The minimum atomic E-state index is -0.282. The van der Waals surface area contributed by atoms with Gasteiger partial charge in [-0.1, -0.05) is 53.2 Å². The van der Waals surface area contributed by atoms with Gasteiger partial charge in [-0.2, -0.15) is 0 Å². The van der Waals surface area contributed by atoms with Gasteiger partial charge < -0.3 is 4.84 Å². The van der Waals surface area contributed by atoms with Crippen molar-refractivity contribution >= 4 is 23.2 Å². The van der Waals surface area contributed by atoms with Crippen molar-refractivity contribution < 1.29 is 14.4 Å². The van der Waals surface area contributed by atoms with Crippen molar-refractivity contribution in [1.82, 2.24) is 0 Å². The van der Waals surface area contributed by atoms with Crippen LogP contribution in [0.15, 0.2) is 47.6 Å². The molecule has 2 aromatic carbocycles. The van der Waals surface area contributed by atoms with Crippen LogP contribution in [-0.4, -0.2) is 23.6 Å². The molecule has 0 unspecified atom stereocenters. The number of anilines is 1. The Kier molecular flexibility index (Phi) is 3.59. The van der Waals surface area contributed by atoms with Crippen LogP contribution < -0.4 is 4.90 Å². The molecule has 5 nitrogen and oxygen atoms in total. The van der Waals surface area contributed by atoms with E-state index in [0.717, 1.165) is 34.5 Å². The van der Waals surface area contributed by atoms with Crippen molar-refractivity contribution in [3.63, 3.8) is 0 Å². The average molecular weight is 400 g/mol. The van der Waals surface area contributed by atoms with Crippen molar-refractivity contribution in [3.05, 3.63) is 64.7 Å². The maximum Gasteiger partial charge on any atom is 0.238 e. The van der Waals surface area contributed by atoms with E-state index in [4.69, 9.17) is 4.84 Å². The van der Waals surface area contributed by atoms with Crippen molar-refractivity contribution in [1.29, 1.82) is 0 Å². The van der Waals surface area contributed by atoms with Gasteiger partial charge in [0.2, 0.25) is 11.8 Å². The Balaban J connectivity index is 1.38. The molecule has 0 spiro atoms. The predicted molar refractivity (Wildman–Crippen MR) is 113 cm³/mol. The molecule has 1 saturated heterocycles. The molecule has 2 heterocycles. The summed E-state index contributed by atoms with van der Waals surface area (Å²) >= 11 is 0. The molecule has 4 aliphatic rings. The van der Waals surface area contributed by atoms with E-state index in [-0.39, 0.29) is 47.5 Å². The Morgan fingerprint density at radius 2 is 1.50 bits per heavy atom. The van der Waals surface area contributed by atoms with Crippen LogP contribution >= 0.6 is 0 Å². The van der Waals surface area contributed by atoms with Crippen LogP contribution in [-0.2, 0) is 14.4 Å². The monoisotopic (exact) mass is 400 g/mol. The van der Waals surface area contributed by atoms with Gasteiger partial charge in [-0.3, -0.25) is 9.59 Å². The fourth-order valence-electron chi connectivity index (χ4n) is 6.47. The van der Waals surface area contributed by atoms with Crippen molar-refractivity contribution in [2.45, 2.75) is 33.3 Å². The van der Waals surface area contributed by atoms with E-state index in [1.165, 1.54) is 10.5 Å². The molecule has 3 fully saturated rings. The molecule has 6 atom stereocenters. The predicted octanol–water partition coefficient (Wildman–Crippen LogP) is 3.79. The van der Waals surface area contributed by atoms with Crippen LogP contribution in [0.2, 0.25) is 0 Å². The van der Waals surface area contributed by atoms with Crippen LogP contribution in [0, 0.1) is 50.4 Å². The molecule has 2 bridgehead atoms. The summed E-state index contributed by atoms with van der Waals surface area (Å²) in [6, 6.07) is 14.2. The summed E-state index contributed by atoms with van der Waals surface area (Å²) < 4.78 is 0. The van der Waals surface area contributed by atoms with Crippen LogP contribution in [0.25, 0.3) is 0 Å².